The van der Waals surface area contributed by atoms with Crippen LogP contribution in [0.4, 0.5) is 5.82 Å². The Bertz CT molecular complexity index is 1720. The summed E-state index contributed by atoms with van der Waals surface area (Å²) >= 11 is 0. The molecule has 0 aliphatic carbocycles. The minimum atomic E-state index is -5.15. The van der Waals surface area contributed by atoms with Crippen molar-refractivity contribution in [1.82, 2.24) is 29.8 Å². The van der Waals surface area contributed by atoms with E-state index < -0.39 is 95.8 Å². The molecule has 0 aromatic carbocycles. The van der Waals surface area contributed by atoms with Crippen molar-refractivity contribution in [2.45, 2.75) is 55.1 Å². The second-order valence-corrected chi connectivity index (χ2v) is 12.9. The number of rotatable bonds is 2. The number of nitrogens with one attached hydrogen (secondary N) is 2. The van der Waals surface area contributed by atoms with Gasteiger partial charge in [0, 0.05) is 0 Å². The molecule has 7 heterocycles. The lowest BCUT2D eigenvalue weighted by atomic mass is 10.1. The first-order valence-corrected chi connectivity index (χ1v) is 15.9. The zero-order valence-corrected chi connectivity index (χ0v) is 24.1. The van der Waals surface area contributed by atoms with Crippen LogP contribution in [0.15, 0.2) is 28.0 Å². The third-order valence-electron chi connectivity index (χ3n) is 7.30. The lowest BCUT2D eigenvalue weighted by Crippen LogP contribution is -2.52. The van der Waals surface area contributed by atoms with Gasteiger partial charge in [-0.15, -0.1) is 5.11 Å². The number of ether oxygens (including phenoxy) is 2. The van der Waals surface area contributed by atoms with Gasteiger partial charge in [-0.1, -0.05) is 5.22 Å². The molecule has 26 heteroatoms. The maximum atomic E-state index is 13.2. The fourth-order valence-corrected chi connectivity index (χ4v) is 7.16. The number of amides is 1. The molecule has 2 aromatic heterocycles. The predicted octanol–water partition coefficient (Wildman–Crippen LogP) is -2.71. The molecule has 45 heavy (non-hydrogen) atoms. The third kappa shape index (κ3) is 5.33. The molecule has 2 aromatic rings. The molecule has 3 unspecified atom stereocenters. The summed E-state index contributed by atoms with van der Waals surface area (Å²) in [4.78, 5) is 49.3. The Hall–Kier alpha value is -3.38. The summed E-state index contributed by atoms with van der Waals surface area (Å²) in [5.41, 5.74) is 6.12. The van der Waals surface area contributed by atoms with Crippen LogP contribution in [0.1, 0.15) is 6.23 Å². The number of imidazole rings is 1. The highest BCUT2D eigenvalue weighted by Gasteiger charge is 2.56. The highest BCUT2D eigenvalue weighted by atomic mass is 31.2. The SMILES string of the molecule is N=C1N=C2C(N=NN2[C@@H]2O[C@@H]3COP(=O)(O)O[C@H]4[C@@H](O)[C@H](n5cnc6c(N)ncnc65)O[C@@H]4COP(=O)(O)O[C@@H]2[C@@H]3O)C(=O)N1. The molecule has 8 N–H and O–H groups in total. The van der Waals surface area contributed by atoms with E-state index >= 15 is 0 Å². The topological polar surface area (TPSA) is 333 Å². The molecule has 7 rings (SSSR count). The Morgan fingerprint density at radius 1 is 0.978 bits per heavy atom. The largest absolute Gasteiger partial charge is 0.472 e. The van der Waals surface area contributed by atoms with E-state index in [0.717, 1.165) is 11.3 Å². The molecule has 0 spiro atoms. The number of nitrogens with two attached hydrogens (primary N) is 1. The van der Waals surface area contributed by atoms with E-state index in [4.69, 9.17) is 38.7 Å². The summed E-state index contributed by atoms with van der Waals surface area (Å²) in [5, 5.41) is 40.3. The van der Waals surface area contributed by atoms with Gasteiger partial charge in [0.05, 0.1) is 19.5 Å². The van der Waals surface area contributed by atoms with Crippen molar-refractivity contribution in [3.63, 3.8) is 0 Å². The Morgan fingerprint density at radius 2 is 1.67 bits per heavy atom. The minimum Gasteiger partial charge on any atom is -0.387 e. The number of aromatic nitrogens is 4. The van der Waals surface area contributed by atoms with Gasteiger partial charge in [0.2, 0.25) is 12.0 Å². The van der Waals surface area contributed by atoms with Crippen LogP contribution in [0.25, 0.3) is 11.2 Å². The number of aliphatic imine (C=N–C) groups is 1. The number of phosphoric acid groups is 2. The van der Waals surface area contributed by atoms with Gasteiger partial charge in [-0.2, -0.15) is 10.0 Å². The second-order valence-electron chi connectivity index (χ2n) is 10.1. The lowest BCUT2D eigenvalue weighted by molar-refractivity contribution is -0.119. The lowest BCUT2D eigenvalue weighted by Gasteiger charge is -2.29. The number of aliphatic hydroxyl groups is 2. The van der Waals surface area contributed by atoms with Gasteiger partial charge in [-0.3, -0.25) is 38.2 Å². The van der Waals surface area contributed by atoms with E-state index in [-0.39, 0.29) is 22.8 Å². The van der Waals surface area contributed by atoms with Crippen molar-refractivity contribution in [2.24, 2.45) is 15.3 Å². The zero-order valence-electron chi connectivity index (χ0n) is 22.3. The summed E-state index contributed by atoms with van der Waals surface area (Å²) in [6, 6.07) is -1.30. The molecule has 5 aliphatic rings. The normalized spacial score (nSPS) is 42.0. The summed E-state index contributed by atoms with van der Waals surface area (Å²) in [5.74, 6) is -1.49. The number of phosphoric ester groups is 2. The number of guanidine groups is 1. The zero-order chi connectivity index (χ0) is 31.8. The van der Waals surface area contributed by atoms with Crippen LogP contribution in [-0.2, 0) is 41.5 Å². The molecule has 1 amide bonds. The first-order valence-electron chi connectivity index (χ1n) is 12.9. The van der Waals surface area contributed by atoms with Crippen LogP contribution in [0, 0.1) is 5.41 Å². The molecule has 2 bridgehead atoms. The van der Waals surface area contributed by atoms with Gasteiger partial charge in [-0.25, -0.2) is 24.1 Å². The Morgan fingerprint density at radius 3 is 2.42 bits per heavy atom. The number of aliphatic hydroxyl groups excluding tert-OH is 2. The average molecular weight is 675 g/mol. The predicted molar refractivity (Wildman–Crippen MR) is 139 cm³/mol. The maximum Gasteiger partial charge on any atom is 0.472 e. The number of nitrogen functional groups attached to an aromatic ring is 1. The van der Waals surface area contributed by atoms with Crippen LogP contribution in [0.2, 0.25) is 0 Å². The Kier molecular flexibility index (Phi) is 7.31. The van der Waals surface area contributed by atoms with Gasteiger partial charge in [0.25, 0.3) is 5.91 Å². The highest BCUT2D eigenvalue weighted by molar-refractivity contribution is 7.47. The van der Waals surface area contributed by atoms with Gasteiger partial charge in [-0.05, 0) is 0 Å². The molecule has 242 valence electrons. The van der Waals surface area contributed by atoms with Crippen molar-refractivity contribution >= 4 is 50.3 Å². The molecular formula is C19H23N11O13P2. The van der Waals surface area contributed by atoms with Gasteiger partial charge in [0.1, 0.15) is 48.5 Å². The summed E-state index contributed by atoms with van der Waals surface area (Å²) < 4.78 is 59.7. The fourth-order valence-electron chi connectivity index (χ4n) is 5.26. The average Bonchev–Trinajstić information content (AvgIpc) is 3.72. The van der Waals surface area contributed by atoms with Crippen LogP contribution in [-0.4, -0.2) is 124 Å². The van der Waals surface area contributed by atoms with Crippen molar-refractivity contribution in [3.8, 4) is 0 Å². The number of carbonyl (C=O) groups excluding carboxylic acids is 1. The molecule has 3 saturated heterocycles. The first kappa shape index (κ1) is 30.3. The molecule has 0 radical (unpaired) electrons. The van der Waals surface area contributed by atoms with Crippen molar-refractivity contribution in [2.75, 3.05) is 18.9 Å². The van der Waals surface area contributed by atoms with Crippen molar-refractivity contribution in [1.29, 1.82) is 5.41 Å². The van der Waals surface area contributed by atoms with Crippen LogP contribution in [0.5, 0.6) is 0 Å². The third-order valence-corrected chi connectivity index (χ3v) is 9.27. The van der Waals surface area contributed by atoms with Crippen LogP contribution >= 0.6 is 15.6 Å². The van der Waals surface area contributed by atoms with E-state index in [2.05, 4.69) is 35.6 Å². The molecular weight excluding hydrogens is 652 g/mol. The smallest absolute Gasteiger partial charge is 0.387 e. The number of anilines is 1. The molecule has 5 aliphatic heterocycles. The van der Waals surface area contributed by atoms with E-state index in [0.29, 0.717) is 0 Å². The molecule has 24 nitrogen and oxygen atoms in total. The maximum absolute atomic E-state index is 13.2. The van der Waals surface area contributed by atoms with Crippen molar-refractivity contribution < 1.29 is 61.5 Å². The monoisotopic (exact) mass is 675 g/mol. The summed E-state index contributed by atoms with van der Waals surface area (Å²) in [7, 11) is -10.2. The number of amidine groups is 1. The Labute approximate surface area is 249 Å². The summed E-state index contributed by atoms with van der Waals surface area (Å²) in [6.45, 7) is -1.71. The van der Waals surface area contributed by atoms with Gasteiger partial charge >= 0.3 is 15.6 Å². The molecule has 3 fully saturated rings. The van der Waals surface area contributed by atoms with Crippen LogP contribution in [0.3, 0.4) is 0 Å². The minimum absolute atomic E-state index is 0.0281. The van der Waals surface area contributed by atoms with E-state index in [1.165, 1.54) is 10.9 Å². The number of hydrogen-bond acceptors (Lipinski definition) is 19. The van der Waals surface area contributed by atoms with E-state index in [1.54, 1.807) is 0 Å². The van der Waals surface area contributed by atoms with Gasteiger partial charge in [0.15, 0.2) is 29.8 Å². The number of hydrogen-bond donors (Lipinski definition) is 7. The highest BCUT2D eigenvalue weighted by Crippen LogP contribution is 2.53. The second kappa shape index (κ2) is 10.9. The Balaban J connectivity index is 1.17. The standard InChI is InChI=1S/C19H23N11O13P2/c20-13-7-14(23-3-22-13)29(4-24-7)17-10(32)11-6(41-17)2-39-45(36,37)43-12-9(31)5(1-38-44(34,35)42-11)40-18(12)30-15-8(27-28-30)16(33)26-19(21)25-15/h3-6,8-12,17-18,31-32H,1-2H2,(H,34,35)(H,36,37)(H2,20,22,23)(H2,21,26,33)/t5-,6-,8?,9-,10-,11-,12-,17-,18-/m1/s1. The summed E-state index contributed by atoms with van der Waals surface area (Å²) in [6.07, 6.45) is -10.6. The number of carbonyl (C=O) groups is 1. The molecule has 11 atom stereocenters. The quantitative estimate of drug-likeness (QED) is 0.159. The molecule has 0 saturated carbocycles. The van der Waals surface area contributed by atoms with Crippen LogP contribution < -0.4 is 11.1 Å². The van der Waals surface area contributed by atoms with Gasteiger partial charge < -0.3 is 35.2 Å². The number of nitrogens with zero attached hydrogens (tertiary/aromatic N) is 8. The van der Waals surface area contributed by atoms with E-state index in [1.807, 2.05) is 0 Å². The number of fused-ring (bicyclic) bond motifs is 5. The fraction of sp³-hybridized carbons (Fsp3) is 0.579. The van der Waals surface area contributed by atoms with E-state index in [9.17, 15) is 33.9 Å². The van der Waals surface area contributed by atoms with Crippen molar-refractivity contribution in [3.05, 3.63) is 12.7 Å². The first-order chi connectivity index (χ1) is 21.3.